The number of amides is 1. The second-order valence-electron chi connectivity index (χ2n) is 6.18. The van der Waals surface area contributed by atoms with Gasteiger partial charge in [0.1, 0.15) is 5.75 Å². The lowest BCUT2D eigenvalue weighted by Crippen LogP contribution is -2.34. The molecule has 0 aliphatic heterocycles. The van der Waals surface area contributed by atoms with Crippen molar-refractivity contribution in [2.45, 2.75) is 39.5 Å². The van der Waals surface area contributed by atoms with E-state index in [1.807, 2.05) is 18.2 Å². The largest absolute Gasteiger partial charge is 0.494 e. The lowest BCUT2D eigenvalue weighted by Gasteiger charge is -2.17. The predicted molar refractivity (Wildman–Crippen MR) is 111 cm³/mol. The van der Waals surface area contributed by atoms with E-state index in [1.54, 1.807) is 24.3 Å². The fraction of sp³-hybridized carbons (Fsp3) is 0.333. The van der Waals surface area contributed by atoms with Crippen molar-refractivity contribution in [2.24, 2.45) is 0 Å². The van der Waals surface area contributed by atoms with Gasteiger partial charge in [0, 0.05) is 11.3 Å². The minimum Gasteiger partial charge on any atom is -0.494 e. The van der Waals surface area contributed by atoms with Gasteiger partial charge in [0.2, 0.25) is 0 Å². The molecule has 0 aliphatic carbocycles. The van der Waals surface area contributed by atoms with Crippen molar-refractivity contribution in [2.75, 3.05) is 11.9 Å². The molecule has 5 heteroatoms. The van der Waals surface area contributed by atoms with Gasteiger partial charge in [0.15, 0.2) is 5.11 Å². The highest BCUT2D eigenvalue weighted by molar-refractivity contribution is 7.80. The molecule has 4 nitrogen and oxygen atoms in total. The molecule has 26 heavy (non-hydrogen) atoms. The van der Waals surface area contributed by atoms with Crippen molar-refractivity contribution < 1.29 is 9.53 Å². The first-order chi connectivity index (χ1) is 12.5. The third-order valence-corrected chi connectivity index (χ3v) is 4.37. The summed E-state index contributed by atoms with van der Waals surface area (Å²) in [6.45, 7) is 7.03. The van der Waals surface area contributed by atoms with Crippen LogP contribution in [0.1, 0.15) is 55.5 Å². The molecule has 1 amide bonds. The van der Waals surface area contributed by atoms with E-state index in [1.165, 1.54) is 5.56 Å². The number of hydrogen-bond donors (Lipinski definition) is 2. The molecule has 2 rings (SSSR count). The third kappa shape index (κ3) is 5.56. The zero-order valence-electron chi connectivity index (χ0n) is 15.5. The first-order valence-electron chi connectivity index (χ1n) is 8.99. The second kappa shape index (κ2) is 9.92. The maximum atomic E-state index is 12.4. The summed E-state index contributed by atoms with van der Waals surface area (Å²) in [6.07, 6.45) is 1.98. The minimum atomic E-state index is -0.245. The molecule has 1 atom stereocenters. The number of benzene rings is 2. The van der Waals surface area contributed by atoms with Gasteiger partial charge in [-0.2, -0.15) is 0 Å². The number of para-hydroxylation sites is 1. The van der Waals surface area contributed by atoms with E-state index in [0.717, 1.165) is 24.3 Å². The van der Waals surface area contributed by atoms with Crippen molar-refractivity contribution >= 4 is 28.9 Å². The molecular weight excluding hydrogens is 344 g/mol. The molecule has 138 valence electrons. The molecule has 0 radical (unpaired) electrons. The number of thiocarbonyl (C=S) groups is 1. The van der Waals surface area contributed by atoms with Gasteiger partial charge in [-0.25, -0.2) is 0 Å². The fourth-order valence-corrected chi connectivity index (χ4v) is 2.71. The monoisotopic (exact) mass is 370 g/mol. The molecule has 0 fully saturated rings. The fourth-order valence-electron chi connectivity index (χ4n) is 2.51. The molecule has 0 unspecified atom stereocenters. The van der Waals surface area contributed by atoms with Gasteiger partial charge in [-0.3, -0.25) is 10.1 Å². The molecule has 2 aromatic rings. The minimum absolute atomic E-state index is 0.245. The highest BCUT2D eigenvalue weighted by Crippen LogP contribution is 2.26. The standard InChI is InChI=1S/C21H26N2O2S/c1-4-14-25-17-12-10-16(11-13-17)20(24)23-21(26)22-19-9-7-6-8-18(19)15(3)5-2/h6-13,15H,4-5,14H2,1-3H3,(H2,22,23,24,26)/t15-/m0/s1. The Balaban J connectivity index is 1.98. The molecule has 0 aliphatic rings. The molecular formula is C21H26N2O2S. The predicted octanol–water partition coefficient (Wildman–Crippen LogP) is 5.12. The van der Waals surface area contributed by atoms with E-state index < -0.39 is 0 Å². The molecule has 0 bridgehead atoms. The summed E-state index contributed by atoms with van der Waals surface area (Å²) >= 11 is 5.31. The average molecular weight is 371 g/mol. The van der Waals surface area contributed by atoms with Crippen molar-refractivity contribution in [3.05, 3.63) is 59.7 Å². The van der Waals surface area contributed by atoms with Crippen molar-refractivity contribution in [1.29, 1.82) is 0 Å². The molecule has 0 aromatic heterocycles. The van der Waals surface area contributed by atoms with Gasteiger partial charge >= 0.3 is 0 Å². The van der Waals surface area contributed by atoms with Crippen LogP contribution in [-0.2, 0) is 0 Å². The maximum Gasteiger partial charge on any atom is 0.257 e. The van der Waals surface area contributed by atoms with Gasteiger partial charge in [0.05, 0.1) is 6.61 Å². The van der Waals surface area contributed by atoms with E-state index in [-0.39, 0.29) is 11.0 Å². The maximum absolute atomic E-state index is 12.4. The van der Waals surface area contributed by atoms with Crippen LogP contribution in [-0.4, -0.2) is 17.6 Å². The van der Waals surface area contributed by atoms with Crippen LogP contribution in [0.5, 0.6) is 5.75 Å². The Bertz CT molecular complexity index is 744. The summed E-state index contributed by atoms with van der Waals surface area (Å²) in [5.41, 5.74) is 2.65. The van der Waals surface area contributed by atoms with Crippen molar-refractivity contribution in [3.8, 4) is 5.75 Å². The molecule has 2 N–H and O–H groups in total. The van der Waals surface area contributed by atoms with Gasteiger partial charge < -0.3 is 10.1 Å². The molecule has 0 saturated carbocycles. The number of nitrogens with one attached hydrogen (secondary N) is 2. The van der Waals surface area contributed by atoms with E-state index in [9.17, 15) is 4.79 Å². The Morgan fingerprint density at radius 1 is 1.12 bits per heavy atom. The number of rotatable bonds is 7. The van der Waals surface area contributed by atoms with Crippen LogP contribution in [0.3, 0.4) is 0 Å². The summed E-state index contributed by atoms with van der Waals surface area (Å²) in [7, 11) is 0. The van der Waals surface area contributed by atoms with E-state index in [0.29, 0.717) is 18.1 Å². The molecule has 0 spiro atoms. The summed E-state index contributed by atoms with van der Waals surface area (Å²) < 4.78 is 5.53. The SMILES string of the molecule is CCCOc1ccc(C(=O)NC(=S)Nc2ccccc2[C@@H](C)CC)cc1. The Morgan fingerprint density at radius 3 is 2.46 bits per heavy atom. The molecule has 2 aromatic carbocycles. The summed E-state index contributed by atoms with van der Waals surface area (Å²) in [6, 6.07) is 15.1. The Morgan fingerprint density at radius 2 is 1.81 bits per heavy atom. The number of anilines is 1. The highest BCUT2D eigenvalue weighted by atomic mass is 32.1. The first kappa shape index (κ1) is 19.9. The van der Waals surface area contributed by atoms with E-state index in [4.69, 9.17) is 17.0 Å². The lowest BCUT2D eigenvalue weighted by atomic mass is 9.97. The van der Waals surface area contributed by atoms with Crippen LogP contribution in [0.4, 0.5) is 5.69 Å². The van der Waals surface area contributed by atoms with E-state index in [2.05, 4.69) is 37.5 Å². The van der Waals surface area contributed by atoms with Gasteiger partial charge in [-0.1, -0.05) is 39.0 Å². The van der Waals surface area contributed by atoms with Crippen LogP contribution in [0.25, 0.3) is 0 Å². The normalized spacial score (nSPS) is 11.5. The third-order valence-electron chi connectivity index (χ3n) is 4.17. The Labute approximate surface area is 161 Å². The van der Waals surface area contributed by atoms with Gasteiger partial charge in [-0.15, -0.1) is 0 Å². The number of hydrogen-bond acceptors (Lipinski definition) is 3. The average Bonchev–Trinajstić information content (AvgIpc) is 2.66. The second-order valence-corrected chi connectivity index (χ2v) is 6.59. The lowest BCUT2D eigenvalue weighted by molar-refractivity contribution is 0.0977. The van der Waals surface area contributed by atoms with Crippen molar-refractivity contribution in [3.63, 3.8) is 0 Å². The number of carbonyl (C=O) groups is 1. The van der Waals surface area contributed by atoms with Gasteiger partial charge in [-0.05, 0) is 66.9 Å². The quantitative estimate of drug-likeness (QED) is 0.665. The summed E-state index contributed by atoms with van der Waals surface area (Å²) in [4.78, 5) is 12.4. The van der Waals surface area contributed by atoms with Crippen LogP contribution in [0.2, 0.25) is 0 Å². The van der Waals surface area contributed by atoms with Crippen molar-refractivity contribution in [1.82, 2.24) is 5.32 Å². The first-order valence-corrected chi connectivity index (χ1v) is 9.40. The van der Waals surface area contributed by atoms with Crippen LogP contribution >= 0.6 is 12.2 Å². The summed E-state index contributed by atoms with van der Waals surface area (Å²) in [5.74, 6) is 0.921. The van der Waals surface area contributed by atoms with Gasteiger partial charge in [0.25, 0.3) is 5.91 Å². The van der Waals surface area contributed by atoms with E-state index >= 15 is 0 Å². The van der Waals surface area contributed by atoms with Crippen LogP contribution < -0.4 is 15.4 Å². The number of ether oxygens (including phenoxy) is 1. The zero-order chi connectivity index (χ0) is 18.9. The Hall–Kier alpha value is -2.40. The Kier molecular flexibility index (Phi) is 7.60. The smallest absolute Gasteiger partial charge is 0.257 e. The topological polar surface area (TPSA) is 50.4 Å². The highest BCUT2D eigenvalue weighted by Gasteiger charge is 2.12. The summed E-state index contributed by atoms with van der Waals surface area (Å²) in [5, 5.41) is 6.16. The molecule has 0 heterocycles. The number of carbonyl (C=O) groups excluding carboxylic acids is 1. The van der Waals surface area contributed by atoms with Crippen LogP contribution in [0.15, 0.2) is 48.5 Å². The zero-order valence-corrected chi connectivity index (χ0v) is 16.4. The van der Waals surface area contributed by atoms with Crippen LogP contribution in [0, 0.1) is 0 Å². The molecule has 0 saturated heterocycles.